The molecule has 0 heteroatoms. The van der Waals surface area contributed by atoms with Crippen molar-refractivity contribution in [2.45, 2.75) is 33.6 Å². The molecule has 0 spiro atoms. The van der Waals surface area contributed by atoms with Gasteiger partial charge in [-0.15, -0.1) is 0 Å². The first-order valence-electron chi connectivity index (χ1n) is 4.88. The quantitative estimate of drug-likeness (QED) is 0.629. The van der Waals surface area contributed by atoms with Crippen LogP contribution in [0, 0.1) is 0 Å². The van der Waals surface area contributed by atoms with E-state index in [0.29, 0.717) is 5.92 Å². The molecule has 0 saturated heterocycles. The molecule has 0 aliphatic rings. The highest BCUT2D eigenvalue weighted by molar-refractivity contribution is 5.63. The largest absolute Gasteiger partial charge is 0.0841 e. The van der Waals surface area contributed by atoms with Gasteiger partial charge in [-0.1, -0.05) is 44.2 Å². The minimum atomic E-state index is 0.625. The second-order valence-electron chi connectivity index (χ2n) is 3.75. The summed E-state index contributed by atoms with van der Waals surface area (Å²) in [5.41, 5.74) is 4.08. The fourth-order valence-electron chi connectivity index (χ4n) is 1.30. The van der Waals surface area contributed by atoms with Crippen LogP contribution in [0.3, 0.4) is 0 Å². The Kier molecular flexibility index (Phi) is 3.30. The Hall–Kier alpha value is -1.04. The fraction of sp³-hybridized carbons (Fsp3) is 0.385. The molecule has 0 heterocycles. The molecule has 0 atom stereocenters. The average molecular weight is 174 g/mol. The van der Waals surface area contributed by atoms with Crippen molar-refractivity contribution >= 4 is 5.57 Å². The highest BCUT2D eigenvalue weighted by atomic mass is 14.0. The first kappa shape index (κ1) is 10.0. The Balaban J connectivity index is 2.94. The zero-order valence-electron chi connectivity index (χ0n) is 8.96. The topological polar surface area (TPSA) is 0 Å². The van der Waals surface area contributed by atoms with E-state index in [4.69, 9.17) is 0 Å². The Morgan fingerprint density at radius 3 is 2.08 bits per heavy atom. The van der Waals surface area contributed by atoms with Crippen LogP contribution in [-0.2, 0) is 0 Å². The fourth-order valence-corrected chi connectivity index (χ4v) is 1.30. The van der Waals surface area contributed by atoms with E-state index in [0.717, 1.165) is 0 Å². The average Bonchev–Trinajstić information content (AvgIpc) is 2.17. The predicted molar refractivity (Wildman–Crippen MR) is 59.9 cm³/mol. The Morgan fingerprint density at radius 2 is 1.69 bits per heavy atom. The third kappa shape index (κ3) is 2.45. The molecule has 0 amide bonds. The van der Waals surface area contributed by atoms with Crippen molar-refractivity contribution in [1.82, 2.24) is 0 Å². The van der Waals surface area contributed by atoms with E-state index in [9.17, 15) is 0 Å². The summed E-state index contributed by atoms with van der Waals surface area (Å²) in [7, 11) is 0. The normalized spacial score (nSPS) is 12.2. The van der Waals surface area contributed by atoms with Crippen LogP contribution in [0.2, 0.25) is 0 Å². The lowest BCUT2D eigenvalue weighted by atomic mass is 9.99. The van der Waals surface area contributed by atoms with Crippen LogP contribution >= 0.6 is 0 Å². The predicted octanol–water partition coefficient (Wildman–Crippen LogP) is 4.23. The summed E-state index contributed by atoms with van der Waals surface area (Å²) in [6.07, 6.45) is 2.14. The van der Waals surface area contributed by atoms with Crippen LogP contribution in [0.1, 0.15) is 44.7 Å². The maximum absolute atomic E-state index is 2.22. The van der Waals surface area contributed by atoms with Crippen LogP contribution in [0.4, 0.5) is 0 Å². The van der Waals surface area contributed by atoms with Gasteiger partial charge in [0.05, 0.1) is 0 Å². The van der Waals surface area contributed by atoms with E-state index in [-0.39, 0.29) is 0 Å². The number of allylic oxidation sites excluding steroid dienone is 2. The molecule has 1 aromatic carbocycles. The van der Waals surface area contributed by atoms with Crippen LogP contribution in [0.15, 0.2) is 30.3 Å². The summed E-state index contributed by atoms with van der Waals surface area (Å²) >= 11 is 0. The van der Waals surface area contributed by atoms with Crippen LogP contribution < -0.4 is 0 Å². The monoisotopic (exact) mass is 174 g/mol. The number of hydrogen-bond acceptors (Lipinski definition) is 0. The zero-order chi connectivity index (χ0) is 9.84. The lowest BCUT2D eigenvalue weighted by molar-refractivity contribution is 0.866. The van der Waals surface area contributed by atoms with E-state index < -0.39 is 0 Å². The lowest BCUT2D eigenvalue weighted by Gasteiger charge is -2.06. The van der Waals surface area contributed by atoms with Crippen LogP contribution in [-0.4, -0.2) is 0 Å². The van der Waals surface area contributed by atoms with Gasteiger partial charge in [-0.3, -0.25) is 0 Å². The van der Waals surface area contributed by atoms with Gasteiger partial charge >= 0.3 is 0 Å². The molecule has 70 valence electrons. The van der Waals surface area contributed by atoms with E-state index in [2.05, 4.69) is 58.0 Å². The molecular formula is C13H18. The van der Waals surface area contributed by atoms with Gasteiger partial charge in [-0.25, -0.2) is 0 Å². The summed E-state index contributed by atoms with van der Waals surface area (Å²) in [4.78, 5) is 0. The van der Waals surface area contributed by atoms with Crippen LogP contribution in [0.25, 0.3) is 5.57 Å². The van der Waals surface area contributed by atoms with E-state index in [1.807, 2.05) is 0 Å². The molecule has 0 fully saturated rings. The highest BCUT2D eigenvalue weighted by Gasteiger charge is 1.98. The van der Waals surface area contributed by atoms with Crippen molar-refractivity contribution in [3.8, 4) is 0 Å². The van der Waals surface area contributed by atoms with Gasteiger partial charge in [0.15, 0.2) is 0 Å². The summed E-state index contributed by atoms with van der Waals surface area (Å²) in [5, 5.41) is 0. The van der Waals surface area contributed by atoms with Crippen molar-refractivity contribution in [2.24, 2.45) is 0 Å². The zero-order valence-corrected chi connectivity index (χ0v) is 8.96. The summed E-state index contributed by atoms with van der Waals surface area (Å²) in [6.45, 7) is 8.66. The van der Waals surface area contributed by atoms with Gasteiger partial charge in [0.2, 0.25) is 0 Å². The Morgan fingerprint density at radius 1 is 1.15 bits per heavy atom. The maximum atomic E-state index is 2.22. The van der Waals surface area contributed by atoms with E-state index in [1.54, 1.807) is 0 Å². The smallest absolute Gasteiger partial charge is 0.0219 e. The number of rotatable bonds is 2. The molecule has 0 aliphatic heterocycles. The second kappa shape index (κ2) is 4.27. The second-order valence-corrected chi connectivity index (χ2v) is 3.75. The molecule has 0 nitrogen and oxygen atoms in total. The standard InChI is InChI=1S/C13H18/c1-5-11(4)13-8-6-12(7-9-13)10(2)3/h5-10H,1-4H3/b11-5+. The highest BCUT2D eigenvalue weighted by Crippen LogP contribution is 2.18. The molecule has 1 rings (SSSR count). The lowest BCUT2D eigenvalue weighted by Crippen LogP contribution is -1.87. The van der Waals surface area contributed by atoms with Crippen molar-refractivity contribution in [1.29, 1.82) is 0 Å². The summed E-state index contributed by atoms with van der Waals surface area (Å²) in [6, 6.07) is 8.83. The van der Waals surface area contributed by atoms with E-state index in [1.165, 1.54) is 16.7 Å². The van der Waals surface area contributed by atoms with Gasteiger partial charge < -0.3 is 0 Å². The molecular weight excluding hydrogens is 156 g/mol. The maximum Gasteiger partial charge on any atom is -0.0219 e. The molecule has 0 N–H and O–H groups in total. The van der Waals surface area contributed by atoms with Gasteiger partial charge in [0.1, 0.15) is 0 Å². The summed E-state index contributed by atoms with van der Waals surface area (Å²) < 4.78 is 0. The van der Waals surface area contributed by atoms with Gasteiger partial charge in [0.25, 0.3) is 0 Å². The SMILES string of the molecule is C/C=C(\C)c1ccc(C(C)C)cc1. The third-order valence-electron chi connectivity index (χ3n) is 2.47. The van der Waals surface area contributed by atoms with Gasteiger partial charge in [0, 0.05) is 0 Å². The molecule has 0 bridgehead atoms. The molecule has 0 aliphatic carbocycles. The summed E-state index contributed by atoms with van der Waals surface area (Å²) in [5.74, 6) is 0.625. The molecule has 0 radical (unpaired) electrons. The van der Waals surface area contributed by atoms with Gasteiger partial charge in [-0.2, -0.15) is 0 Å². The molecule has 1 aromatic rings. The Bertz CT molecular complexity index is 288. The molecule has 0 saturated carbocycles. The number of hydrogen-bond donors (Lipinski definition) is 0. The van der Waals surface area contributed by atoms with E-state index >= 15 is 0 Å². The first-order chi connectivity index (χ1) is 6.15. The third-order valence-corrected chi connectivity index (χ3v) is 2.47. The van der Waals surface area contributed by atoms with Gasteiger partial charge in [-0.05, 0) is 36.5 Å². The van der Waals surface area contributed by atoms with Crippen molar-refractivity contribution < 1.29 is 0 Å². The Labute approximate surface area is 81.3 Å². The molecule has 0 unspecified atom stereocenters. The minimum absolute atomic E-state index is 0.625. The van der Waals surface area contributed by atoms with Crippen molar-refractivity contribution in [2.75, 3.05) is 0 Å². The van der Waals surface area contributed by atoms with Crippen molar-refractivity contribution in [3.63, 3.8) is 0 Å². The molecule has 0 aromatic heterocycles. The first-order valence-corrected chi connectivity index (χ1v) is 4.88. The van der Waals surface area contributed by atoms with Crippen molar-refractivity contribution in [3.05, 3.63) is 41.5 Å². The number of benzene rings is 1. The van der Waals surface area contributed by atoms with Crippen LogP contribution in [0.5, 0.6) is 0 Å². The minimum Gasteiger partial charge on any atom is -0.0841 e. The molecule has 13 heavy (non-hydrogen) atoms.